The molecule has 3 saturated heterocycles. The summed E-state index contributed by atoms with van der Waals surface area (Å²) < 4.78 is 17.6. The van der Waals surface area contributed by atoms with Crippen LogP contribution in [0, 0.1) is 23.7 Å². The van der Waals surface area contributed by atoms with Crippen molar-refractivity contribution in [2.75, 3.05) is 48.0 Å². The molecule has 9 heteroatoms. The number of aromatic amines is 2. The van der Waals surface area contributed by atoms with Gasteiger partial charge in [0.25, 0.3) is 0 Å². The first-order chi connectivity index (χ1) is 25.3. The van der Waals surface area contributed by atoms with Crippen molar-refractivity contribution in [3.63, 3.8) is 0 Å². The summed E-state index contributed by atoms with van der Waals surface area (Å²) >= 11 is 0. The number of likely N-dealkylation sites (tertiary alicyclic amines) is 1. The van der Waals surface area contributed by atoms with E-state index in [0.717, 1.165) is 85.2 Å². The fourth-order valence-electron chi connectivity index (χ4n) is 12.1. The van der Waals surface area contributed by atoms with Crippen LogP contribution in [0.25, 0.3) is 21.8 Å². The molecule has 6 aliphatic rings. The van der Waals surface area contributed by atoms with Gasteiger partial charge in [0, 0.05) is 76.4 Å². The number of esters is 2. The van der Waals surface area contributed by atoms with Crippen LogP contribution in [0.2, 0.25) is 0 Å². The fourth-order valence-corrected chi connectivity index (χ4v) is 12.1. The van der Waals surface area contributed by atoms with E-state index in [9.17, 15) is 9.59 Å². The van der Waals surface area contributed by atoms with Crippen LogP contribution in [0.15, 0.2) is 48.0 Å². The van der Waals surface area contributed by atoms with E-state index in [-0.39, 0.29) is 41.8 Å². The van der Waals surface area contributed by atoms with Gasteiger partial charge in [-0.3, -0.25) is 19.4 Å². The fraction of sp³-hybridized carbons (Fsp3) is 0.535. The van der Waals surface area contributed by atoms with Crippen LogP contribution in [0.5, 0.6) is 5.75 Å². The van der Waals surface area contributed by atoms with Gasteiger partial charge in [-0.2, -0.15) is 0 Å². The smallest absolute Gasteiger partial charge is 0.319 e. The highest BCUT2D eigenvalue weighted by molar-refractivity contribution is 5.93. The molecule has 2 N–H and O–H groups in total. The summed E-state index contributed by atoms with van der Waals surface area (Å²) in [6.45, 7) is 7.17. The quantitative estimate of drug-likeness (QED) is 0.181. The third-order valence-electron chi connectivity index (χ3n) is 14.1. The van der Waals surface area contributed by atoms with Gasteiger partial charge in [-0.15, -0.1) is 0 Å². The molecule has 52 heavy (non-hydrogen) atoms. The minimum absolute atomic E-state index is 0.00122. The SMILES string of the molecule is C/C=C1/CN(C)[C@@H]2Cc3c([nH]c4ccccc34)[C@@H](c3cc4[nH]c5c(c4cc3OC)CCN3CC4C[C@@H](CC)C3[C@]5(C(=O)OC)C4)C[C@H]1C2C(=O)OC. The van der Waals surface area contributed by atoms with E-state index in [4.69, 9.17) is 14.2 Å². The van der Waals surface area contributed by atoms with Gasteiger partial charge in [-0.1, -0.05) is 43.2 Å². The summed E-state index contributed by atoms with van der Waals surface area (Å²) in [5, 5.41) is 2.32. The zero-order valence-electron chi connectivity index (χ0n) is 31.4. The Morgan fingerprint density at radius 2 is 1.85 bits per heavy atom. The molecule has 2 aliphatic carbocycles. The molecule has 9 nitrogen and oxygen atoms in total. The molecule has 274 valence electrons. The Bertz CT molecular complexity index is 2110. The van der Waals surface area contributed by atoms with Gasteiger partial charge in [-0.25, -0.2) is 0 Å². The van der Waals surface area contributed by atoms with Gasteiger partial charge in [0.15, 0.2) is 0 Å². The maximum absolute atomic E-state index is 14.2. The van der Waals surface area contributed by atoms with Gasteiger partial charge in [0.2, 0.25) is 0 Å². The molecule has 6 heterocycles. The number of carbonyl (C=O) groups excluding carboxylic acids is 2. The van der Waals surface area contributed by atoms with Crippen molar-refractivity contribution in [1.29, 1.82) is 0 Å². The lowest BCUT2D eigenvalue weighted by Crippen LogP contribution is -2.67. The van der Waals surface area contributed by atoms with Gasteiger partial charge < -0.3 is 24.2 Å². The second-order valence-corrected chi connectivity index (χ2v) is 16.3. The number of likely N-dealkylation sites (N-methyl/N-ethyl adjacent to an activating group) is 1. The number of nitrogens with one attached hydrogen (secondary N) is 2. The molecular weight excluding hydrogens is 652 g/mol. The van der Waals surface area contributed by atoms with Crippen molar-refractivity contribution in [2.45, 2.75) is 75.8 Å². The third kappa shape index (κ3) is 4.67. The predicted octanol–water partition coefficient (Wildman–Crippen LogP) is 6.49. The molecule has 2 aromatic heterocycles. The summed E-state index contributed by atoms with van der Waals surface area (Å²) in [5.74, 6) is 1.11. The normalized spacial score (nSPS) is 33.2. The van der Waals surface area contributed by atoms with Crippen molar-refractivity contribution >= 4 is 33.7 Å². The van der Waals surface area contributed by atoms with Crippen LogP contribution in [0.1, 0.15) is 73.5 Å². The number of piperidine rings is 3. The maximum Gasteiger partial charge on any atom is 0.319 e. The Morgan fingerprint density at radius 3 is 2.60 bits per heavy atom. The number of hydrogen-bond donors (Lipinski definition) is 2. The number of allylic oxidation sites excluding steroid dienone is 1. The van der Waals surface area contributed by atoms with E-state index in [1.807, 2.05) is 0 Å². The average Bonchev–Trinajstić information content (AvgIpc) is 3.69. The summed E-state index contributed by atoms with van der Waals surface area (Å²) in [4.78, 5) is 40.8. The van der Waals surface area contributed by atoms with Crippen molar-refractivity contribution in [1.82, 2.24) is 19.8 Å². The van der Waals surface area contributed by atoms with Crippen molar-refractivity contribution in [3.05, 3.63) is 76.1 Å². The van der Waals surface area contributed by atoms with Crippen LogP contribution in [0.3, 0.4) is 0 Å². The Morgan fingerprint density at radius 1 is 1.02 bits per heavy atom. The molecule has 0 radical (unpaired) electrons. The van der Waals surface area contributed by atoms with Crippen LogP contribution < -0.4 is 4.74 Å². The van der Waals surface area contributed by atoms with E-state index in [1.54, 1.807) is 14.2 Å². The van der Waals surface area contributed by atoms with E-state index in [0.29, 0.717) is 11.8 Å². The Balaban J connectivity index is 1.27. The van der Waals surface area contributed by atoms with Crippen molar-refractivity contribution < 1.29 is 23.8 Å². The van der Waals surface area contributed by atoms with E-state index in [1.165, 1.54) is 41.3 Å². The highest BCUT2D eigenvalue weighted by Crippen LogP contribution is 2.56. The minimum Gasteiger partial charge on any atom is -0.496 e. The number of benzene rings is 2. The second-order valence-electron chi connectivity index (χ2n) is 16.3. The number of ether oxygens (including phenoxy) is 3. The lowest BCUT2D eigenvalue weighted by molar-refractivity contribution is -0.162. The van der Waals surface area contributed by atoms with Crippen LogP contribution >= 0.6 is 0 Å². The largest absolute Gasteiger partial charge is 0.496 e. The highest BCUT2D eigenvalue weighted by Gasteiger charge is 2.62. The number of methoxy groups -OCH3 is 3. The van der Waals surface area contributed by atoms with Crippen molar-refractivity contribution in [2.24, 2.45) is 23.7 Å². The first-order valence-electron chi connectivity index (χ1n) is 19.3. The summed E-state index contributed by atoms with van der Waals surface area (Å²) in [6.07, 6.45) is 7.59. The number of aromatic nitrogens is 2. The van der Waals surface area contributed by atoms with Crippen LogP contribution in [-0.2, 0) is 37.3 Å². The standard InChI is InChI=1S/C43H52N4O5/c1-7-24-15-23-20-43(42(49)52-6)39-27(13-14-47(21-23)40(24)43)29-19-36(50-4)30(17-34(29)45-39)31-16-28-25(8-2)22-46(3)35(37(28)41(48)51-5)18-32-26-11-9-10-12-33(26)44-38(31)32/h8-12,17,19,23-24,28,31,35,37,40,44-45H,7,13-16,18,20-22H2,1-6H3/b25-8-/t23?,24-,28-,31-,35-,37?,40?,43+/m1/s1. The number of hydrogen-bond acceptors (Lipinski definition) is 7. The molecule has 2 aromatic carbocycles. The lowest BCUT2D eigenvalue weighted by Gasteiger charge is -2.57. The van der Waals surface area contributed by atoms with Crippen LogP contribution in [-0.4, -0.2) is 91.8 Å². The molecule has 0 spiro atoms. The van der Waals surface area contributed by atoms with Gasteiger partial charge >= 0.3 is 11.9 Å². The maximum atomic E-state index is 14.2. The number of fused-ring (bicyclic) bond motifs is 9. The minimum atomic E-state index is -0.725. The molecule has 9 atom stereocenters. The lowest BCUT2D eigenvalue weighted by atomic mass is 9.56. The van der Waals surface area contributed by atoms with Gasteiger partial charge in [0.05, 0.1) is 27.2 Å². The van der Waals surface area contributed by atoms with E-state index < -0.39 is 5.41 Å². The zero-order valence-corrected chi connectivity index (χ0v) is 31.4. The number of rotatable bonds is 5. The summed E-state index contributed by atoms with van der Waals surface area (Å²) in [6, 6.07) is 13.2. The molecule has 6 bridgehead atoms. The molecule has 0 amide bonds. The van der Waals surface area contributed by atoms with Gasteiger partial charge in [0.1, 0.15) is 11.2 Å². The summed E-state index contributed by atoms with van der Waals surface area (Å²) in [5.41, 5.74) is 8.48. The second kappa shape index (κ2) is 12.5. The Hall–Kier alpha value is -4.08. The molecule has 10 rings (SSSR count). The molecule has 1 saturated carbocycles. The highest BCUT2D eigenvalue weighted by atomic mass is 16.5. The molecule has 4 unspecified atom stereocenters. The number of nitrogens with zero attached hydrogens (tertiary/aromatic N) is 2. The molecule has 4 aliphatic heterocycles. The number of carbonyl (C=O) groups is 2. The summed E-state index contributed by atoms with van der Waals surface area (Å²) in [7, 11) is 6.99. The molecule has 4 fully saturated rings. The predicted molar refractivity (Wildman–Crippen MR) is 202 cm³/mol. The number of H-pyrrole nitrogens is 2. The Kier molecular flexibility index (Phi) is 8.12. The number of para-hydroxylation sites is 1. The third-order valence-corrected chi connectivity index (χ3v) is 14.1. The topological polar surface area (TPSA) is 99.9 Å². The first-order valence-corrected chi connectivity index (χ1v) is 19.3. The Labute approximate surface area is 306 Å². The first kappa shape index (κ1) is 33.7. The van der Waals surface area contributed by atoms with Gasteiger partial charge in [-0.05, 0) is 93.2 Å². The van der Waals surface area contributed by atoms with E-state index in [2.05, 4.69) is 83.1 Å². The van der Waals surface area contributed by atoms with Crippen LogP contribution in [0.4, 0.5) is 0 Å². The average molecular weight is 705 g/mol. The molecular formula is C43H52N4O5. The van der Waals surface area contributed by atoms with E-state index >= 15 is 0 Å². The molecule has 4 aromatic rings. The zero-order chi connectivity index (χ0) is 36.1. The monoisotopic (exact) mass is 704 g/mol. The van der Waals surface area contributed by atoms with Crippen molar-refractivity contribution in [3.8, 4) is 5.75 Å².